The van der Waals surface area contributed by atoms with Crippen molar-refractivity contribution >= 4 is 11.8 Å². The van der Waals surface area contributed by atoms with E-state index in [-0.39, 0.29) is 12.6 Å². The van der Waals surface area contributed by atoms with Gasteiger partial charge in [0.1, 0.15) is 5.82 Å². The first-order valence-corrected chi connectivity index (χ1v) is 8.81. The molecule has 5 heteroatoms. The number of rotatable bonds is 5. The third-order valence-corrected chi connectivity index (χ3v) is 4.83. The van der Waals surface area contributed by atoms with Crippen molar-refractivity contribution in [1.82, 2.24) is 9.97 Å². The summed E-state index contributed by atoms with van der Waals surface area (Å²) in [5.41, 5.74) is 3.96. The Kier molecular flexibility index (Phi) is 4.10. The molecule has 1 saturated carbocycles. The highest BCUT2D eigenvalue weighted by Gasteiger charge is 2.27. The van der Waals surface area contributed by atoms with Crippen molar-refractivity contribution in [3.8, 4) is 0 Å². The van der Waals surface area contributed by atoms with Crippen LogP contribution in [0.15, 0.2) is 30.3 Å². The molecule has 1 aliphatic heterocycles. The molecule has 1 aromatic carbocycles. The molecule has 4 rings (SSSR count). The van der Waals surface area contributed by atoms with E-state index in [4.69, 9.17) is 4.98 Å². The summed E-state index contributed by atoms with van der Waals surface area (Å²) in [5, 5.41) is 12.5. The molecule has 126 valence electrons. The number of fused-ring (bicyclic) bond motifs is 1. The second-order valence-corrected chi connectivity index (χ2v) is 6.92. The van der Waals surface area contributed by atoms with E-state index < -0.39 is 0 Å². The van der Waals surface area contributed by atoms with Gasteiger partial charge in [-0.15, -0.1) is 0 Å². The standard InChI is InChI=1S/C19H24N4O/c1-13(12-24)20-19-21-17(15-6-7-15)10-18(22-19)23-9-8-14-4-2-3-5-16(14)11-23/h2-5,10,13,15,24H,6-9,11-12H2,1H3,(H,20,21,22)/t13-/m0/s1. The van der Waals surface area contributed by atoms with Crippen molar-refractivity contribution in [3.05, 3.63) is 47.2 Å². The molecule has 1 fully saturated rings. The van der Waals surface area contributed by atoms with Crippen LogP contribution in [0.2, 0.25) is 0 Å². The first-order chi connectivity index (χ1) is 11.7. The minimum atomic E-state index is -0.0469. The predicted molar refractivity (Wildman–Crippen MR) is 95.4 cm³/mol. The minimum Gasteiger partial charge on any atom is -0.394 e. The fourth-order valence-electron chi connectivity index (χ4n) is 3.22. The van der Waals surface area contributed by atoms with E-state index in [0.717, 1.165) is 31.0 Å². The summed E-state index contributed by atoms with van der Waals surface area (Å²) in [6, 6.07) is 10.8. The zero-order chi connectivity index (χ0) is 16.5. The SMILES string of the molecule is C[C@@H](CO)Nc1nc(C2CC2)cc(N2CCc3ccccc3C2)n1. The van der Waals surface area contributed by atoms with Crippen molar-refractivity contribution in [2.75, 3.05) is 23.4 Å². The van der Waals surface area contributed by atoms with Crippen LogP contribution in [0.1, 0.15) is 42.5 Å². The highest BCUT2D eigenvalue weighted by Crippen LogP contribution is 2.40. The van der Waals surface area contributed by atoms with Gasteiger partial charge in [-0.05, 0) is 37.3 Å². The highest BCUT2D eigenvalue weighted by molar-refractivity contribution is 5.49. The number of aliphatic hydroxyl groups excluding tert-OH is 1. The molecule has 2 aromatic rings. The van der Waals surface area contributed by atoms with E-state index in [1.807, 2.05) is 6.92 Å². The number of anilines is 2. The normalized spacial score (nSPS) is 18.2. The maximum Gasteiger partial charge on any atom is 0.225 e. The van der Waals surface area contributed by atoms with Gasteiger partial charge in [0.15, 0.2) is 0 Å². The van der Waals surface area contributed by atoms with Crippen LogP contribution in [-0.4, -0.2) is 34.3 Å². The number of aliphatic hydroxyl groups is 1. The molecule has 1 aliphatic carbocycles. The second kappa shape index (κ2) is 6.40. The van der Waals surface area contributed by atoms with Crippen LogP contribution in [0.4, 0.5) is 11.8 Å². The van der Waals surface area contributed by atoms with Crippen LogP contribution in [0.5, 0.6) is 0 Å². The molecular weight excluding hydrogens is 300 g/mol. The van der Waals surface area contributed by atoms with Gasteiger partial charge in [0.25, 0.3) is 0 Å². The zero-order valence-electron chi connectivity index (χ0n) is 14.1. The molecule has 0 spiro atoms. The van der Waals surface area contributed by atoms with Gasteiger partial charge in [0, 0.05) is 31.1 Å². The molecule has 2 aliphatic rings. The number of nitrogens with one attached hydrogen (secondary N) is 1. The van der Waals surface area contributed by atoms with Gasteiger partial charge in [0.2, 0.25) is 5.95 Å². The molecule has 0 saturated heterocycles. The Hall–Kier alpha value is -2.14. The molecule has 0 amide bonds. The maximum atomic E-state index is 9.29. The van der Waals surface area contributed by atoms with Crippen LogP contribution in [0.3, 0.4) is 0 Å². The Morgan fingerprint density at radius 3 is 2.79 bits per heavy atom. The van der Waals surface area contributed by atoms with Crippen molar-refractivity contribution in [2.45, 2.75) is 44.7 Å². The summed E-state index contributed by atoms with van der Waals surface area (Å²) >= 11 is 0. The van der Waals surface area contributed by atoms with E-state index in [0.29, 0.717) is 11.9 Å². The van der Waals surface area contributed by atoms with Crippen molar-refractivity contribution in [2.24, 2.45) is 0 Å². The van der Waals surface area contributed by atoms with Gasteiger partial charge >= 0.3 is 0 Å². The van der Waals surface area contributed by atoms with Crippen molar-refractivity contribution in [3.63, 3.8) is 0 Å². The monoisotopic (exact) mass is 324 g/mol. The van der Waals surface area contributed by atoms with Crippen molar-refractivity contribution in [1.29, 1.82) is 0 Å². The average Bonchev–Trinajstić information content (AvgIpc) is 3.46. The lowest BCUT2D eigenvalue weighted by atomic mass is 10.00. The molecule has 1 aromatic heterocycles. The van der Waals surface area contributed by atoms with Gasteiger partial charge in [-0.1, -0.05) is 24.3 Å². The molecule has 0 bridgehead atoms. The van der Waals surface area contributed by atoms with E-state index in [9.17, 15) is 5.11 Å². The third kappa shape index (κ3) is 3.22. The van der Waals surface area contributed by atoms with Gasteiger partial charge in [-0.25, -0.2) is 4.98 Å². The smallest absolute Gasteiger partial charge is 0.225 e. The number of hydrogen-bond donors (Lipinski definition) is 2. The van der Waals surface area contributed by atoms with Gasteiger partial charge < -0.3 is 15.3 Å². The van der Waals surface area contributed by atoms with Crippen LogP contribution in [-0.2, 0) is 13.0 Å². The molecule has 24 heavy (non-hydrogen) atoms. The molecule has 2 N–H and O–H groups in total. The number of aromatic nitrogens is 2. The third-order valence-electron chi connectivity index (χ3n) is 4.83. The summed E-state index contributed by atoms with van der Waals surface area (Å²) in [4.78, 5) is 11.7. The minimum absolute atomic E-state index is 0.0469. The number of benzene rings is 1. The van der Waals surface area contributed by atoms with Crippen LogP contribution in [0.25, 0.3) is 0 Å². The first-order valence-electron chi connectivity index (χ1n) is 8.81. The fraction of sp³-hybridized carbons (Fsp3) is 0.474. The lowest BCUT2D eigenvalue weighted by molar-refractivity contribution is 0.281. The molecule has 0 unspecified atom stereocenters. The van der Waals surface area contributed by atoms with Crippen LogP contribution < -0.4 is 10.2 Å². The van der Waals surface area contributed by atoms with Gasteiger partial charge in [-0.2, -0.15) is 4.98 Å². The Labute approximate surface area is 142 Å². The maximum absolute atomic E-state index is 9.29. The average molecular weight is 324 g/mol. The summed E-state index contributed by atoms with van der Waals surface area (Å²) in [6.07, 6.45) is 3.48. The summed E-state index contributed by atoms with van der Waals surface area (Å²) < 4.78 is 0. The zero-order valence-corrected chi connectivity index (χ0v) is 14.1. The predicted octanol–water partition coefficient (Wildman–Crippen LogP) is 2.71. The summed E-state index contributed by atoms with van der Waals surface area (Å²) in [7, 11) is 0. The quantitative estimate of drug-likeness (QED) is 0.885. The van der Waals surface area contributed by atoms with Gasteiger partial charge in [-0.3, -0.25) is 0 Å². The van der Waals surface area contributed by atoms with E-state index in [2.05, 4.69) is 45.5 Å². The number of nitrogens with zero attached hydrogens (tertiary/aromatic N) is 3. The summed E-state index contributed by atoms with van der Waals surface area (Å²) in [5.74, 6) is 2.21. The topological polar surface area (TPSA) is 61.3 Å². The highest BCUT2D eigenvalue weighted by atomic mass is 16.3. The van der Waals surface area contributed by atoms with Crippen LogP contribution in [0, 0.1) is 0 Å². The lowest BCUT2D eigenvalue weighted by Crippen LogP contribution is -2.31. The Bertz CT molecular complexity index is 729. The van der Waals surface area contributed by atoms with E-state index >= 15 is 0 Å². The molecule has 1 atom stereocenters. The molecule has 2 heterocycles. The summed E-state index contributed by atoms with van der Waals surface area (Å²) in [6.45, 7) is 3.88. The van der Waals surface area contributed by atoms with Crippen molar-refractivity contribution < 1.29 is 5.11 Å². The fourth-order valence-corrected chi connectivity index (χ4v) is 3.22. The Morgan fingerprint density at radius 1 is 1.25 bits per heavy atom. The molecule has 0 radical (unpaired) electrons. The first kappa shape index (κ1) is 15.4. The second-order valence-electron chi connectivity index (χ2n) is 6.92. The van der Waals surface area contributed by atoms with Gasteiger partial charge in [0.05, 0.1) is 12.3 Å². The largest absolute Gasteiger partial charge is 0.394 e. The molecule has 5 nitrogen and oxygen atoms in total. The lowest BCUT2D eigenvalue weighted by Gasteiger charge is -2.30. The Morgan fingerprint density at radius 2 is 2.04 bits per heavy atom. The number of hydrogen-bond acceptors (Lipinski definition) is 5. The van der Waals surface area contributed by atoms with E-state index in [1.165, 1.54) is 24.0 Å². The Balaban J connectivity index is 1.62. The van der Waals surface area contributed by atoms with Crippen LogP contribution >= 0.6 is 0 Å². The van der Waals surface area contributed by atoms with E-state index in [1.54, 1.807) is 0 Å². The molecular formula is C19H24N4O.